The van der Waals surface area contributed by atoms with Crippen LogP contribution in [0.1, 0.15) is 44.2 Å². The van der Waals surface area contributed by atoms with Crippen LogP contribution in [0.5, 0.6) is 0 Å². The summed E-state index contributed by atoms with van der Waals surface area (Å²) >= 11 is 0. The van der Waals surface area contributed by atoms with Crippen LogP contribution in [-0.2, 0) is 10.2 Å². The second kappa shape index (κ2) is 4.39. The molecule has 2 fully saturated rings. The van der Waals surface area contributed by atoms with Crippen molar-refractivity contribution in [2.24, 2.45) is 0 Å². The molecule has 1 aromatic rings. The molecule has 92 valence electrons. The van der Waals surface area contributed by atoms with Gasteiger partial charge in [0.05, 0.1) is 0 Å². The van der Waals surface area contributed by atoms with E-state index in [9.17, 15) is 5.11 Å². The van der Waals surface area contributed by atoms with Crippen molar-refractivity contribution in [1.29, 1.82) is 0 Å². The maximum atomic E-state index is 9.38. The van der Waals surface area contributed by atoms with Gasteiger partial charge in [-0.1, -0.05) is 25.3 Å². The predicted molar refractivity (Wildman–Crippen MR) is 64.5 cm³/mol. The molecule has 1 aliphatic carbocycles. The van der Waals surface area contributed by atoms with Gasteiger partial charge in [-0.2, -0.15) is 0 Å². The van der Waals surface area contributed by atoms with E-state index in [1.165, 1.54) is 37.8 Å². The van der Waals surface area contributed by atoms with E-state index >= 15 is 0 Å². The Morgan fingerprint density at radius 1 is 1.29 bits per heavy atom. The Balaban J connectivity index is 1.84. The highest BCUT2D eigenvalue weighted by molar-refractivity contribution is 5.19. The van der Waals surface area contributed by atoms with E-state index in [2.05, 4.69) is 17.1 Å². The van der Waals surface area contributed by atoms with Crippen LogP contribution >= 0.6 is 0 Å². The van der Waals surface area contributed by atoms with Crippen LogP contribution in [0.2, 0.25) is 0 Å². The molecule has 0 radical (unpaired) electrons. The van der Waals surface area contributed by atoms with Gasteiger partial charge in [-0.15, -0.1) is 0 Å². The third-order valence-corrected chi connectivity index (χ3v) is 4.17. The van der Waals surface area contributed by atoms with Gasteiger partial charge in [0.2, 0.25) is 0 Å². The Morgan fingerprint density at radius 3 is 2.65 bits per heavy atom. The number of hydrogen-bond donors (Lipinski definition) is 1. The molecule has 0 spiro atoms. The predicted octanol–water partition coefficient (Wildman–Crippen LogP) is 2.39. The maximum absolute atomic E-state index is 9.38. The number of rotatable bonds is 3. The number of ether oxygens (including phenoxy) is 1. The average Bonchev–Trinajstić information content (AvgIpc) is 3.07. The first-order chi connectivity index (χ1) is 8.30. The van der Waals surface area contributed by atoms with Gasteiger partial charge in [0, 0.05) is 17.3 Å². The SMILES string of the molecule is OC1OC1CC1(c2ccccn2)CCCCC1. The summed E-state index contributed by atoms with van der Waals surface area (Å²) in [6.07, 6.45) is 8.50. The summed E-state index contributed by atoms with van der Waals surface area (Å²) in [5.74, 6) is 0. The van der Waals surface area contributed by atoms with Crippen LogP contribution in [-0.4, -0.2) is 22.5 Å². The van der Waals surface area contributed by atoms with Gasteiger partial charge in [-0.05, 0) is 31.4 Å². The fourth-order valence-corrected chi connectivity index (χ4v) is 3.14. The molecule has 1 saturated carbocycles. The van der Waals surface area contributed by atoms with Crippen molar-refractivity contribution in [3.63, 3.8) is 0 Å². The van der Waals surface area contributed by atoms with Gasteiger partial charge in [-0.25, -0.2) is 0 Å². The van der Waals surface area contributed by atoms with Crippen LogP contribution in [0.15, 0.2) is 24.4 Å². The van der Waals surface area contributed by atoms with E-state index in [0.717, 1.165) is 6.42 Å². The first-order valence-corrected chi connectivity index (χ1v) is 6.55. The van der Waals surface area contributed by atoms with E-state index in [0.29, 0.717) is 0 Å². The summed E-state index contributed by atoms with van der Waals surface area (Å²) in [5, 5.41) is 9.38. The standard InChI is InChI=1S/C14H19NO2/c16-13-11(17-13)10-14(7-3-1-4-8-14)12-6-2-5-9-15-12/h2,5-6,9,11,13,16H,1,3-4,7-8,10H2. The molecule has 3 nitrogen and oxygen atoms in total. The molecule has 1 N–H and O–H groups in total. The molecule has 0 bridgehead atoms. The number of aliphatic hydroxyl groups is 1. The van der Waals surface area contributed by atoms with Crippen molar-refractivity contribution < 1.29 is 9.84 Å². The van der Waals surface area contributed by atoms with E-state index < -0.39 is 6.29 Å². The fourth-order valence-electron chi connectivity index (χ4n) is 3.14. The number of aromatic nitrogens is 1. The summed E-state index contributed by atoms with van der Waals surface area (Å²) in [5.41, 5.74) is 1.32. The normalized spacial score (nSPS) is 31.1. The second-order valence-electron chi connectivity index (χ2n) is 5.33. The monoisotopic (exact) mass is 233 g/mol. The minimum atomic E-state index is -0.530. The highest BCUT2D eigenvalue weighted by Crippen LogP contribution is 2.45. The van der Waals surface area contributed by atoms with Crippen molar-refractivity contribution in [2.45, 2.75) is 56.3 Å². The minimum Gasteiger partial charge on any atom is -0.366 e. The third-order valence-electron chi connectivity index (χ3n) is 4.17. The lowest BCUT2D eigenvalue weighted by Gasteiger charge is -2.36. The molecule has 2 heterocycles. The summed E-state index contributed by atoms with van der Waals surface area (Å²) in [4.78, 5) is 4.54. The van der Waals surface area contributed by atoms with Crippen LogP contribution < -0.4 is 0 Å². The van der Waals surface area contributed by atoms with Crippen LogP contribution in [0, 0.1) is 0 Å². The number of aliphatic hydroxyl groups excluding tert-OH is 1. The lowest BCUT2D eigenvalue weighted by molar-refractivity contribution is 0.155. The van der Waals surface area contributed by atoms with Gasteiger partial charge in [0.25, 0.3) is 0 Å². The molecule has 2 unspecified atom stereocenters. The smallest absolute Gasteiger partial charge is 0.181 e. The Hall–Kier alpha value is -0.930. The van der Waals surface area contributed by atoms with Gasteiger partial charge in [0.15, 0.2) is 6.29 Å². The molecule has 1 saturated heterocycles. The zero-order valence-electron chi connectivity index (χ0n) is 10.0. The number of epoxide rings is 1. The van der Waals surface area contributed by atoms with Crippen LogP contribution in [0.3, 0.4) is 0 Å². The number of hydrogen-bond acceptors (Lipinski definition) is 3. The minimum absolute atomic E-state index is 0.0371. The lowest BCUT2D eigenvalue weighted by atomic mass is 9.68. The first-order valence-electron chi connectivity index (χ1n) is 6.55. The first kappa shape index (κ1) is 11.2. The van der Waals surface area contributed by atoms with E-state index in [4.69, 9.17) is 4.74 Å². The van der Waals surface area contributed by atoms with Crippen LogP contribution in [0.4, 0.5) is 0 Å². The zero-order valence-corrected chi connectivity index (χ0v) is 10.0. The molecule has 2 aliphatic rings. The third kappa shape index (κ3) is 2.22. The number of pyridine rings is 1. The highest BCUT2D eigenvalue weighted by atomic mass is 16.7. The topological polar surface area (TPSA) is 45.6 Å². The highest BCUT2D eigenvalue weighted by Gasteiger charge is 2.46. The van der Waals surface area contributed by atoms with Gasteiger partial charge in [0.1, 0.15) is 6.10 Å². The quantitative estimate of drug-likeness (QED) is 0.815. The van der Waals surface area contributed by atoms with Crippen LogP contribution in [0.25, 0.3) is 0 Å². The molecule has 3 rings (SSSR count). The molecule has 1 aliphatic heterocycles. The summed E-state index contributed by atoms with van der Waals surface area (Å²) < 4.78 is 5.19. The van der Waals surface area contributed by atoms with E-state index in [-0.39, 0.29) is 11.5 Å². The number of nitrogens with zero attached hydrogens (tertiary/aromatic N) is 1. The molecular formula is C14H19NO2. The van der Waals surface area contributed by atoms with Gasteiger partial charge < -0.3 is 9.84 Å². The molecule has 2 atom stereocenters. The van der Waals surface area contributed by atoms with Gasteiger partial charge >= 0.3 is 0 Å². The second-order valence-corrected chi connectivity index (χ2v) is 5.33. The average molecular weight is 233 g/mol. The fraction of sp³-hybridized carbons (Fsp3) is 0.643. The van der Waals surface area contributed by atoms with Crippen molar-refractivity contribution >= 4 is 0 Å². The Morgan fingerprint density at radius 2 is 2.06 bits per heavy atom. The molecule has 0 amide bonds. The molecule has 1 aromatic heterocycles. The molecule has 3 heteroatoms. The van der Waals surface area contributed by atoms with E-state index in [1.807, 2.05) is 12.3 Å². The van der Waals surface area contributed by atoms with Crippen molar-refractivity contribution in [1.82, 2.24) is 4.98 Å². The Labute approximate surface area is 102 Å². The molecular weight excluding hydrogens is 214 g/mol. The molecule has 17 heavy (non-hydrogen) atoms. The largest absolute Gasteiger partial charge is 0.366 e. The Bertz CT molecular complexity index is 373. The van der Waals surface area contributed by atoms with E-state index in [1.54, 1.807) is 0 Å². The summed E-state index contributed by atoms with van der Waals surface area (Å²) in [6, 6.07) is 6.14. The molecule has 0 aromatic carbocycles. The summed E-state index contributed by atoms with van der Waals surface area (Å²) in [7, 11) is 0. The zero-order chi connectivity index (χ0) is 11.7. The Kier molecular flexibility index (Phi) is 2.89. The van der Waals surface area contributed by atoms with Gasteiger partial charge in [-0.3, -0.25) is 4.98 Å². The van der Waals surface area contributed by atoms with Crippen molar-refractivity contribution in [3.05, 3.63) is 30.1 Å². The van der Waals surface area contributed by atoms with Crippen molar-refractivity contribution in [3.8, 4) is 0 Å². The van der Waals surface area contributed by atoms with Crippen molar-refractivity contribution in [2.75, 3.05) is 0 Å². The summed E-state index contributed by atoms with van der Waals surface area (Å²) in [6.45, 7) is 0. The maximum Gasteiger partial charge on any atom is 0.181 e. The lowest BCUT2D eigenvalue weighted by Crippen LogP contribution is -2.32.